The summed E-state index contributed by atoms with van der Waals surface area (Å²) < 4.78 is 11.2. The molecule has 0 saturated heterocycles. The van der Waals surface area contributed by atoms with E-state index in [9.17, 15) is 9.59 Å². The summed E-state index contributed by atoms with van der Waals surface area (Å²) in [4.78, 5) is 26.6. The third-order valence-corrected chi connectivity index (χ3v) is 6.53. The van der Waals surface area contributed by atoms with Gasteiger partial charge >= 0.3 is 5.97 Å². The summed E-state index contributed by atoms with van der Waals surface area (Å²) in [5, 5.41) is 3.51. The minimum absolute atomic E-state index is 0.271. The number of carbonyl (C=O) groups excluding carboxylic acids is 2. The van der Waals surface area contributed by atoms with Crippen LogP contribution in [0.3, 0.4) is 0 Å². The number of fused-ring (bicyclic) bond motifs is 1. The molecule has 1 atom stereocenters. The van der Waals surface area contributed by atoms with Crippen molar-refractivity contribution in [2.75, 3.05) is 11.9 Å². The molecule has 0 aliphatic heterocycles. The molecule has 1 aliphatic rings. The Hall–Kier alpha value is -2.34. The summed E-state index contributed by atoms with van der Waals surface area (Å²) in [5.41, 5.74) is 4.80. The summed E-state index contributed by atoms with van der Waals surface area (Å²) in [6.45, 7) is 9.85. The van der Waals surface area contributed by atoms with Gasteiger partial charge in [0, 0.05) is 4.88 Å². The van der Waals surface area contributed by atoms with Crippen molar-refractivity contribution in [3.05, 3.63) is 44.8 Å². The first kappa shape index (κ1) is 21.4. The molecule has 1 N–H and O–H groups in total. The molecule has 29 heavy (non-hydrogen) atoms. The topological polar surface area (TPSA) is 64.6 Å². The Morgan fingerprint density at radius 3 is 2.62 bits per heavy atom. The molecule has 0 spiro atoms. The summed E-state index contributed by atoms with van der Waals surface area (Å²) in [7, 11) is 0. The Kier molecular flexibility index (Phi) is 6.63. The number of amides is 1. The zero-order valence-corrected chi connectivity index (χ0v) is 18.6. The van der Waals surface area contributed by atoms with Crippen LogP contribution in [0.15, 0.2) is 12.1 Å². The summed E-state index contributed by atoms with van der Waals surface area (Å²) in [5.74, 6) is 0.0786. The van der Waals surface area contributed by atoms with E-state index in [0.29, 0.717) is 22.9 Å². The maximum absolute atomic E-state index is 12.9. The van der Waals surface area contributed by atoms with Crippen molar-refractivity contribution >= 4 is 28.2 Å². The van der Waals surface area contributed by atoms with E-state index in [4.69, 9.17) is 9.47 Å². The molecule has 3 rings (SSSR count). The van der Waals surface area contributed by atoms with Crippen LogP contribution < -0.4 is 10.1 Å². The Bertz CT molecular complexity index is 931. The number of hydrogen-bond donors (Lipinski definition) is 1. The molecule has 1 aromatic carbocycles. The van der Waals surface area contributed by atoms with Crippen LogP contribution in [0.5, 0.6) is 5.75 Å². The molecule has 1 heterocycles. The highest BCUT2D eigenvalue weighted by Gasteiger charge is 2.28. The molecular formula is C23H29NO4S. The van der Waals surface area contributed by atoms with Gasteiger partial charge in [0.25, 0.3) is 5.91 Å². The third kappa shape index (κ3) is 4.64. The van der Waals surface area contributed by atoms with Crippen molar-refractivity contribution < 1.29 is 19.1 Å². The number of benzene rings is 1. The van der Waals surface area contributed by atoms with Gasteiger partial charge in [-0.25, -0.2) is 4.79 Å². The van der Waals surface area contributed by atoms with Crippen LogP contribution in [0.2, 0.25) is 0 Å². The number of esters is 1. The number of carbonyl (C=O) groups is 2. The highest BCUT2D eigenvalue weighted by Crippen LogP contribution is 2.38. The van der Waals surface area contributed by atoms with Gasteiger partial charge < -0.3 is 14.8 Å². The minimum Gasteiger partial charge on any atom is -0.481 e. The Balaban J connectivity index is 1.81. The lowest BCUT2D eigenvalue weighted by atomic mass is 9.95. The molecule has 0 radical (unpaired) electrons. The quantitative estimate of drug-likeness (QED) is 0.664. The van der Waals surface area contributed by atoms with Crippen molar-refractivity contribution in [1.29, 1.82) is 0 Å². The molecule has 0 saturated carbocycles. The first-order chi connectivity index (χ1) is 13.8. The minimum atomic E-state index is -0.691. The molecule has 0 fully saturated rings. The van der Waals surface area contributed by atoms with Gasteiger partial charge in [-0.1, -0.05) is 6.07 Å². The molecular weight excluding hydrogens is 386 g/mol. The van der Waals surface area contributed by atoms with E-state index < -0.39 is 6.10 Å². The van der Waals surface area contributed by atoms with E-state index in [0.717, 1.165) is 47.9 Å². The van der Waals surface area contributed by atoms with Gasteiger partial charge in [-0.3, -0.25) is 4.79 Å². The van der Waals surface area contributed by atoms with Crippen molar-refractivity contribution in [2.24, 2.45) is 0 Å². The van der Waals surface area contributed by atoms with Gasteiger partial charge in [-0.2, -0.15) is 0 Å². The average Bonchev–Trinajstić information content (AvgIpc) is 3.03. The Morgan fingerprint density at radius 1 is 1.17 bits per heavy atom. The second-order valence-corrected chi connectivity index (χ2v) is 8.69. The van der Waals surface area contributed by atoms with Gasteiger partial charge in [0.15, 0.2) is 6.10 Å². The van der Waals surface area contributed by atoms with Crippen molar-refractivity contribution in [3.8, 4) is 5.75 Å². The van der Waals surface area contributed by atoms with Crippen LogP contribution in [0.1, 0.15) is 64.2 Å². The zero-order valence-electron chi connectivity index (χ0n) is 17.8. The average molecular weight is 416 g/mol. The fraction of sp³-hybridized carbons (Fsp3) is 0.478. The molecule has 1 aromatic heterocycles. The Labute approximate surface area is 176 Å². The lowest BCUT2D eigenvalue weighted by Crippen LogP contribution is -2.30. The van der Waals surface area contributed by atoms with E-state index in [-0.39, 0.29) is 11.9 Å². The highest BCUT2D eigenvalue weighted by molar-refractivity contribution is 7.17. The molecule has 6 heteroatoms. The molecule has 5 nitrogen and oxygen atoms in total. The number of anilines is 1. The molecule has 1 aliphatic carbocycles. The molecule has 156 valence electrons. The first-order valence-corrected chi connectivity index (χ1v) is 11.0. The third-order valence-electron chi connectivity index (χ3n) is 5.32. The van der Waals surface area contributed by atoms with Gasteiger partial charge in [-0.05, 0) is 88.6 Å². The van der Waals surface area contributed by atoms with Crippen LogP contribution in [-0.2, 0) is 22.4 Å². The largest absolute Gasteiger partial charge is 0.481 e. The normalized spacial score (nSPS) is 14.1. The van der Waals surface area contributed by atoms with E-state index in [1.54, 1.807) is 13.8 Å². The van der Waals surface area contributed by atoms with Crippen molar-refractivity contribution in [3.63, 3.8) is 0 Å². The monoisotopic (exact) mass is 415 g/mol. The van der Waals surface area contributed by atoms with E-state index in [1.807, 2.05) is 26.8 Å². The van der Waals surface area contributed by atoms with E-state index in [1.165, 1.54) is 16.2 Å². The molecule has 0 unspecified atom stereocenters. The fourth-order valence-corrected chi connectivity index (χ4v) is 4.93. The highest BCUT2D eigenvalue weighted by atomic mass is 32.1. The van der Waals surface area contributed by atoms with Crippen LogP contribution in [0.25, 0.3) is 0 Å². The van der Waals surface area contributed by atoms with Crippen LogP contribution in [-0.4, -0.2) is 24.6 Å². The maximum atomic E-state index is 12.9. The number of nitrogens with one attached hydrogen (secondary N) is 1. The van der Waals surface area contributed by atoms with Gasteiger partial charge in [0.05, 0.1) is 12.2 Å². The molecule has 2 aromatic rings. The smallest absolute Gasteiger partial charge is 0.341 e. The lowest BCUT2D eigenvalue weighted by molar-refractivity contribution is -0.122. The van der Waals surface area contributed by atoms with Gasteiger partial charge in [-0.15, -0.1) is 11.3 Å². The van der Waals surface area contributed by atoms with Crippen LogP contribution >= 0.6 is 11.3 Å². The predicted molar refractivity (Wildman–Crippen MR) is 116 cm³/mol. The molecule has 1 amide bonds. The summed E-state index contributed by atoms with van der Waals surface area (Å²) in [6, 6.07) is 4.04. The van der Waals surface area contributed by atoms with Crippen molar-refractivity contribution in [2.45, 2.75) is 66.4 Å². The zero-order chi connectivity index (χ0) is 21.1. The number of rotatable bonds is 6. The summed E-state index contributed by atoms with van der Waals surface area (Å²) in [6.07, 6.45) is 3.26. The standard InChI is InChI=1S/C23H29NO4S/c1-6-27-23(26)20-17-9-7-8-10-19(17)29-22(20)24-21(25)16(5)28-18-12-13(2)11-14(3)15(18)4/h11-12,16H,6-10H2,1-5H3,(H,24,25)/t16-/m0/s1. The maximum Gasteiger partial charge on any atom is 0.341 e. The van der Waals surface area contributed by atoms with Crippen LogP contribution in [0, 0.1) is 20.8 Å². The number of ether oxygens (including phenoxy) is 2. The number of thiophene rings is 1. The van der Waals surface area contributed by atoms with Gasteiger partial charge in [0.2, 0.25) is 0 Å². The lowest BCUT2D eigenvalue weighted by Gasteiger charge is -2.18. The van der Waals surface area contributed by atoms with Crippen LogP contribution in [0.4, 0.5) is 5.00 Å². The van der Waals surface area contributed by atoms with E-state index in [2.05, 4.69) is 11.4 Å². The summed E-state index contributed by atoms with van der Waals surface area (Å²) >= 11 is 1.49. The van der Waals surface area contributed by atoms with E-state index >= 15 is 0 Å². The molecule has 0 bridgehead atoms. The Morgan fingerprint density at radius 2 is 1.90 bits per heavy atom. The predicted octanol–water partition coefficient (Wildman–Crippen LogP) is 5.13. The second-order valence-electron chi connectivity index (χ2n) is 7.59. The SMILES string of the molecule is CCOC(=O)c1c(NC(=O)[C@H](C)Oc2cc(C)cc(C)c2C)sc2c1CCCC2. The van der Waals surface area contributed by atoms with Gasteiger partial charge in [0.1, 0.15) is 10.8 Å². The fourth-order valence-electron chi connectivity index (χ4n) is 3.65. The van der Waals surface area contributed by atoms with Crippen molar-refractivity contribution in [1.82, 2.24) is 0 Å². The second kappa shape index (κ2) is 8.99. The first-order valence-electron chi connectivity index (χ1n) is 10.2. The number of aryl methyl sites for hydroxylation is 3. The number of hydrogen-bond acceptors (Lipinski definition) is 5.